The van der Waals surface area contributed by atoms with Crippen molar-refractivity contribution >= 4 is 51.5 Å². The van der Waals surface area contributed by atoms with E-state index in [1.54, 1.807) is 32.4 Å². The zero-order chi connectivity index (χ0) is 28.7. The highest BCUT2D eigenvalue weighted by molar-refractivity contribution is 6.13. The molecule has 0 radical (unpaired) electrons. The number of carbonyl (C=O) groups is 1. The Morgan fingerprint density at radius 1 is 0.952 bits per heavy atom. The Hall–Kier alpha value is -3.54. The molecule has 3 aromatic carbocycles. The van der Waals surface area contributed by atoms with Crippen LogP contribution in [0.4, 0.5) is 11.4 Å². The van der Waals surface area contributed by atoms with Crippen molar-refractivity contribution in [2.45, 2.75) is 13.5 Å². The van der Waals surface area contributed by atoms with Gasteiger partial charge >= 0.3 is 0 Å². The third kappa shape index (κ3) is 7.84. The van der Waals surface area contributed by atoms with Crippen LogP contribution in [0.5, 0.6) is 0 Å². The third-order valence-electron chi connectivity index (χ3n) is 7.40. The average Bonchev–Trinajstić information content (AvgIpc) is 2.95. The summed E-state index contributed by atoms with van der Waals surface area (Å²) in [6.45, 7) is 6.00. The van der Waals surface area contributed by atoms with E-state index < -0.39 is 4.92 Å². The van der Waals surface area contributed by atoms with Gasteiger partial charge in [0.05, 0.1) is 53.5 Å². The maximum Gasteiger partial charge on any atom is 0.269 e. The van der Waals surface area contributed by atoms with Crippen molar-refractivity contribution in [3.63, 3.8) is 0 Å². The predicted molar refractivity (Wildman–Crippen MR) is 163 cm³/mol. The third-order valence-corrected chi connectivity index (χ3v) is 7.40. The molecule has 0 saturated heterocycles. The van der Waals surface area contributed by atoms with E-state index in [0.717, 1.165) is 27.4 Å². The summed E-state index contributed by atoms with van der Waals surface area (Å²) in [5.41, 5.74) is 10.9. The molecule has 4 rings (SSSR count). The number of hydrogen-bond acceptors (Lipinski definition) is 7. The maximum absolute atomic E-state index is 13.5. The van der Waals surface area contributed by atoms with Gasteiger partial charge in [-0.05, 0) is 30.7 Å². The molecule has 226 valence electrons. The van der Waals surface area contributed by atoms with Crippen LogP contribution in [0.25, 0.3) is 21.8 Å². The Kier molecular flexibility index (Phi) is 12.9. The largest absolute Gasteiger partial charge is 1.00 e. The van der Waals surface area contributed by atoms with E-state index in [2.05, 4.69) is 5.32 Å². The first-order valence-corrected chi connectivity index (χ1v) is 13.2. The first kappa shape index (κ1) is 34.7. The minimum absolute atomic E-state index is 0. The van der Waals surface area contributed by atoms with Crippen LogP contribution in [0.3, 0.4) is 0 Å². The summed E-state index contributed by atoms with van der Waals surface area (Å²) in [5.74, 6) is -0.225. The van der Waals surface area contributed by atoms with E-state index in [1.807, 2.05) is 37.3 Å². The Morgan fingerprint density at radius 2 is 1.55 bits per heavy atom. The summed E-state index contributed by atoms with van der Waals surface area (Å²) in [6, 6.07) is 17.9. The lowest BCUT2D eigenvalue weighted by molar-refractivity contribution is -0.940. The SMILES string of the molecule is COCC[N+](CCNC(=O)c1cccc2c(N)c3cccc(C)c3nc12)(CCOC)Cc1ccc([N+](=O)[O-])cc1.Cl.[Cl-]. The summed E-state index contributed by atoms with van der Waals surface area (Å²) in [5, 5.41) is 15.8. The molecule has 4 aromatic rings. The molecule has 42 heavy (non-hydrogen) atoms. The van der Waals surface area contributed by atoms with Gasteiger partial charge in [-0.1, -0.05) is 30.3 Å². The van der Waals surface area contributed by atoms with Gasteiger partial charge in [0, 0.05) is 42.7 Å². The van der Waals surface area contributed by atoms with Crippen LogP contribution >= 0.6 is 12.4 Å². The molecule has 3 N–H and O–H groups in total. The number of nitrogen functional groups attached to an aromatic ring is 1. The first-order valence-electron chi connectivity index (χ1n) is 13.2. The molecule has 0 spiro atoms. The lowest BCUT2D eigenvalue weighted by Crippen LogP contribution is -3.00. The van der Waals surface area contributed by atoms with Crippen LogP contribution in [0.15, 0.2) is 60.7 Å². The highest BCUT2D eigenvalue weighted by Crippen LogP contribution is 2.31. The fourth-order valence-corrected chi connectivity index (χ4v) is 5.10. The highest BCUT2D eigenvalue weighted by atomic mass is 35.5. The van der Waals surface area contributed by atoms with Crippen molar-refractivity contribution in [2.24, 2.45) is 0 Å². The number of ether oxygens (including phenoxy) is 2. The van der Waals surface area contributed by atoms with Crippen LogP contribution in [0, 0.1) is 17.0 Å². The normalized spacial score (nSPS) is 11.1. The molecule has 1 heterocycles. The quantitative estimate of drug-likeness (QED) is 0.101. The van der Waals surface area contributed by atoms with Crippen molar-refractivity contribution in [2.75, 3.05) is 59.3 Å². The summed E-state index contributed by atoms with van der Waals surface area (Å²) in [6.07, 6.45) is 0. The van der Waals surface area contributed by atoms with E-state index in [0.29, 0.717) is 67.2 Å². The highest BCUT2D eigenvalue weighted by Gasteiger charge is 2.28. The molecule has 1 aromatic heterocycles. The molecular weight excluding hydrogens is 581 g/mol. The van der Waals surface area contributed by atoms with Crippen LogP contribution in [-0.4, -0.2) is 73.9 Å². The number of nitrogens with one attached hydrogen (secondary N) is 1. The van der Waals surface area contributed by atoms with Crippen LogP contribution in [-0.2, 0) is 16.0 Å². The number of hydrogen-bond donors (Lipinski definition) is 2. The number of nitro groups is 1. The van der Waals surface area contributed by atoms with E-state index in [-0.39, 0.29) is 36.4 Å². The molecule has 0 aliphatic carbocycles. The second kappa shape index (κ2) is 15.6. The van der Waals surface area contributed by atoms with Crippen molar-refractivity contribution in [3.05, 3.63) is 87.5 Å². The Bertz CT molecular complexity index is 1510. The van der Waals surface area contributed by atoms with E-state index in [1.165, 1.54) is 12.1 Å². The Morgan fingerprint density at radius 3 is 2.14 bits per heavy atom. The van der Waals surface area contributed by atoms with E-state index in [9.17, 15) is 14.9 Å². The molecule has 0 saturated carbocycles. The molecule has 0 fully saturated rings. The molecule has 10 nitrogen and oxygen atoms in total. The molecule has 0 aliphatic rings. The molecular formula is C30H37Cl2N5O5. The first-order chi connectivity index (χ1) is 19.3. The van der Waals surface area contributed by atoms with Gasteiger partial charge in [0.15, 0.2) is 0 Å². The van der Waals surface area contributed by atoms with E-state index in [4.69, 9.17) is 20.2 Å². The number of methoxy groups -OCH3 is 2. The number of para-hydroxylation sites is 2. The molecule has 0 unspecified atom stereocenters. The topological polar surface area (TPSA) is 130 Å². The summed E-state index contributed by atoms with van der Waals surface area (Å²) in [4.78, 5) is 29.0. The van der Waals surface area contributed by atoms with Gasteiger partial charge < -0.3 is 37.4 Å². The molecule has 12 heteroatoms. The number of rotatable bonds is 13. The smallest absolute Gasteiger partial charge is 0.269 e. The number of halogens is 2. The number of amides is 1. The standard InChI is InChI=1S/C30H35N5O5.2ClH/c1-21-6-4-7-24-27(31)25-8-5-9-26(29(25)33-28(21)24)30(36)32-14-15-35(16-18-39-2,17-19-40-3)20-22-10-12-23(13-11-22)34(37)38;;/h4-13H,14-20H2,1-3H3,(H2-,31,32,33,36);2*1H. The molecule has 0 atom stereocenters. The van der Waals surface area contributed by atoms with E-state index >= 15 is 0 Å². The number of quaternary nitrogens is 1. The summed E-state index contributed by atoms with van der Waals surface area (Å²) in [7, 11) is 3.31. The number of benzene rings is 3. The second-order valence-electron chi connectivity index (χ2n) is 10.0. The Labute approximate surface area is 257 Å². The van der Waals surface area contributed by atoms with Gasteiger partial charge in [-0.2, -0.15) is 0 Å². The van der Waals surface area contributed by atoms with Gasteiger partial charge in [-0.25, -0.2) is 4.98 Å². The van der Waals surface area contributed by atoms with Crippen LogP contribution < -0.4 is 23.5 Å². The number of nitrogens with zero attached hydrogens (tertiary/aromatic N) is 3. The number of aromatic nitrogens is 1. The number of nitro benzene ring substituents is 1. The second-order valence-corrected chi connectivity index (χ2v) is 10.0. The van der Waals surface area contributed by atoms with Gasteiger partial charge in [-0.3, -0.25) is 14.9 Å². The average molecular weight is 619 g/mol. The number of fused-ring (bicyclic) bond motifs is 2. The number of anilines is 1. The van der Waals surface area contributed by atoms with Gasteiger partial charge in [0.2, 0.25) is 0 Å². The van der Waals surface area contributed by atoms with Crippen molar-refractivity contribution < 1.29 is 36.1 Å². The number of carbonyl (C=O) groups excluding carboxylic acids is 1. The zero-order valence-corrected chi connectivity index (χ0v) is 25.5. The lowest BCUT2D eigenvalue weighted by Gasteiger charge is -2.38. The van der Waals surface area contributed by atoms with Gasteiger partial charge in [0.1, 0.15) is 19.6 Å². The van der Waals surface area contributed by atoms with Crippen molar-refractivity contribution in [1.29, 1.82) is 0 Å². The van der Waals surface area contributed by atoms with Gasteiger partial charge in [-0.15, -0.1) is 12.4 Å². The number of pyridine rings is 1. The van der Waals surface area contributed by atoms with Crippen LogP contribution in [0.2, 0.25) is 0 Å². The fourth-order valence-electron chi connectivity index (χ4n) is 5.10. The summed E-state index contributed by atoms with van der Waals surface area (Å²) >= 11 is 0. The molecule has 0 aliphatic heterocycles. The van der Waals surface area contributed by atoms with Crippen LogP contribution in [0.1, 0.15) is 21.5 Å². The maximum atomic E-state index is 13.5. The summed E-state index contributed by atoms with van der Waals surface area (Å²) < 4.78 is 11.4. The van der Waals surface area contributed by atoms with Crippen molar-refractivity contribution in [1.82, 2.24) is 10.3 Å². The predicted octanol–water partition coefficient (Wildman–Crippen LogP) is 1.65. The zero-order valence-electron chi connectivity index (χ0n) is 24.0. The monoisotopic (exact) mass is 617 g/mol. The number of nitrogens with two attached hydrogens (primary N) is 1. The Balaban J connectivity index is 0.00000308. The fraction of sp³-hybridized carbons (Fsp3) is 0.333. The molecule has 0 bridgehead atoms. The number of aryl methyl sites for hydroxylation is 1. The lowest BCUT2D eigenvalue weighted by atomic mass is 10.0. The van der Waals surface area contributed by atoms with Gasteiger partial charge in [0.25, 0.3) is 11.6 Å². The minimum Gasteiger partial charge on any atom is -1.00 e. The number of non-ortho nitro benzene ring substituents is 1. The van der Waals surface area contributed by atoms with Crippen molar-refractivity contribution in [3.8, 4) is 0 Å². The minimum atomic E-state index is -0.406. The molecule has 1 amide bonds.